The maximum atomic E-state index is 13.7. The summed E-state index contributed by atoms with van der Waals surface area (Å²) >= 11 is 0. The van der Waals surface area contributed by atoms with Crippen molar-refractivity contribution >= 4 is 5.97 Å². The molecule has 1 aromatic carbocycles. The minimum Gasteiger partial charge on any atom is -0.493 e. The molecule has 0 aromatic heterocycles. The summed E-state index contributed by atoms with van der Waals surface area (Å²) < 4.78 is 19.2. The fraction of sp³-hybridized carbons (Fsp3) is 0.417. The maximum Gasteiger partial charge on any atom is 0.305 e. The monoisotopic (exact) mass is 239 g/mol. The second-order valence-electron chi connectivity index (χ2n) is 4.11. The summed E-state index contributed by atoms with van der Waals surface area (Å²) in [5.41, 5.74) is 6.80. The van der Waals surface area contributed by atoms with Gasteiger partial charge >= 0.3 is 5.97 Å². The zero-order valence-corrected chi connectivity index (χ0v) is 9.28. The van der Waals surface area contributed by atoms with E-state index in [9.17, 15) is 9.18 Å². The number of nitrogens with two attached hydrogens (primary N) is 1. The first-order valence-electron chi connectivity index (χ1n) is 5.51. The van der Waals surface area contributed by atoms with E-state index in [-0.39, 0.29) is 12.0 Å². The Morgan fingerprint density at radius 3 is 3.06 bits per heavy atom. The topological polar surface area (TPSA) is 72.6 Å². The van der Waals surface area contributed by atoms with E-state index in [0.29, 0.717) is 12.4 Å². The molecule has 0 bridgehead atoms. The van der Waals surface area contributed by atoms with Gasteiger partial charge in [0.15, 0.2) is 0 Å². The van der Waals surface area contributed by atoms with Gasteiger partial charge in [-0.25, -0.2) is 4.39 Å². The molecule has 4 nitrogen and oxygen atoms in total. The first kappa shape index (κ1) is 11.9. The van der Waals surface area contributed by atoms with E-state index in [1.54, 1.807) is 6.07 Å². The molecule has 0 aliphatic carbocycles. The fourth-order valence-electron chi connectivity index (χ4n) is 2.06. The Morgan fingerprint density at radius 2 is 2.35 bits per heavy atom. The number of carboxylic acid groups (broad SMARTS) is 1. The van der Waals surface area contributed by atoms with E-state index >= 15 is 0 Å². The molecule has 0 saturated carbocycles. The third kappa shape index (κ3) is 2.39. The molecule has 0 spiro atoms. The molecule has 1 aromatic rings. The summed E-state index contributed by atoms with van der Waals surface area (Å²) in [6.45, 7) is 0.517. The van der Waals surface area contributed by atoms with Gasteiger partial charge in [0.1, 0.15) is 11.6 Å². The van der Waals surface area contributed by atoms with E-state index in [4.69, 9.17) is 15.6 Å². The van der Waals surface area contributed by atoms with Crippen molar-refractivity contribution in [3.63, 3.8) is 0 Å². The number of aliphatic carboxylic acids is 1. The Hall–Kier alpha value is -1.62. The van der Waals surface area contributed by atoms with Crippen LogP contribution < -0.4 is 10.5 Å². The number of hydrogen-bond donors (Lipinski definition) is 2. The molecule has 1 atom stereocenters. The molecule has 0 amide bonds. The van der Waals surface area contributed by atoms with Crippen molar-refractivity contribution in [2.75, 3.05) is 6.61 Å². The van der Waals surface area contributed by atoms with Crippen LogP contribution in [0, 0.1) is 5.82 Å². The van der Waals surface area contributed by atoms with Crippen molar-refractivity contribution in [3.8, 4) is 5.75 Å². The molecule has 1 unspecified atom stereocenters. The van der Waals surface area contributed by atoms with Crippen LogP contribution in [0.3, 0.4) is 0 Å². The smallest absolute Gasteiger partial charge is 0.305 e. The fourth-order valence-corrected chi connectivity index (χ4v) is 2.06. The molecular formula is C12H14FNO3. The first-order chi connectivity index (χ1) is 8.09. The van der Waals surface area contributed by atoms with E-state index in [0.717, 1.165) is 18.4 Å². The SMILES string of the molecule is NC(CC(=O)O)c1c(F)ccc2c1OCCC2. The Bertz CT molecular complexity index is 448. The van der Waals surface area contributed by atoms with Crippen LogP contribution >= 0.6 is 0 Å². The van der Waals surface area contributed by atoms with Gasteiger partial charge in [0.05, 0.1) is 13.0 Å². The molecule has 3 N–H and O–H groups in total. The van der Waals surface area contributed by atoms with Crippen molar-refractivity contribution in [2.45, 2.75) is 25.3 Å². The summed E-state index contributed by atoms with van der Waals surface area (Å²) in [4.78, 5) is 10.6. The lowest BCUT2D eigenvalue weighted by Crippen LogP contribution is -2.20. The Morgan fingerprint density at radius 1 is 1.59 bits per heavy atom. The van der Waals surface area contributed by atoms with Crippen LogP contribution in [-0.2, 0) is 11.2 Å². The van der Waals surface area contributed by atoms with Crippen LogP contribution in [0.25, 0.3) is 0 Å². The minimum absolute atomic E-state index is 0.185. The zero-order chi connectivity index (χ0) is 12.4. The van der Waals surface area contributed by atoms with Gasteiger partial charge in [-0.3, -0.25) is 4.79 Å². The Kier molecular flexibility index (Phi) is 3.28. The van der Waals surface area contributed by atoms with Crippen molar-refractivity contribution < 1.29 is 19.0 Å². The number of halogens is 1. The molecule has 1 aliphatic heterocycles. The lowest BCUT2D eigenvalue weighted by molar-refractivity contribution is -0.137. The molecule has 0 saturated heterocycles. The van der Waals surface area contributed by atoms with Crippen LogP contribution in [0.4, 0.5) is 4.39 Å². The van der Waals surface area contributed by atoms with Gasteiger partial charge < -0.3 is 15.6 Å². The van der Waals surface area contributed by atoms with Crippen molar-refractivity contribution in [2.24, 2.45) is 5.73 Å². The van der Waals surface area contributed by atoms with E-state index in [1.807, 2.05) is 0 Å². The Labute approximate surface area is 98.2 Å². The third-order valence-electron chi connectivity index (χ3n) is 2.83. The van der Waals surface area contributed by atoms with Crippen LogP contribution in [-0.4, -0.2) is 17.7 Å². The Balaban J connectivity index is 2.40. The summed E-state index contributed by atoms with van der Waals surface area (Å²) in [6, 6.07) is 2.12. The standard InChI is InChI=1S/C12H14FNO3/c13-8-4-3-7-2-1-5-17-12(7)11(8)9(14)6-10(15)16/h3-4,9H,1-2,5-6,14H2,(H,15,16). The van der Waals surface area contributed by atoms with Gasteiger partial charge in [0, 0.05) is 11.6 Å². The second kappa shape index (κ2) is 4.71. The average molecular weight is 239 g/mol. The van der Waals surface area contributed by atoms with Crippen LogP contribution in [0.5, 0.6) is 5.75 Å². The molecule has 1 aliphatic rings. The predicted octanol–water partition coefficient (Wildman–Crippen LogP) is 1.63. The lowest BCUT2D eigenvalue weighted by atomic mass is 9.96. The normalized spacial score (nSPS) is 15.9. The third-order valence-corrected chi connectivity index (χ3v) is 2.83. The number of hydrogen-bond acceptors (Lipinski definition) is 3. The number of carbonyl (C=O) groups is 1. The van der Waals surface area contributed by atoms with Gasteiger partial charge in [0.2, 0.25) is 0 Å². The van der Waals surface area contributed by atoms with Crippen molar-refractivity contribution in [1.29, 1.82) is 0 Å². The van der Waals surface area contributed by atoms with Gasteiger partial charge in [-0.15, -0.1) is 0 Å². The van der Waals surface area contributed by atoms with Gasteiger partial charge in [0.25, 0.3) is 0 Å². The highest BCUT2D eigenvalue weighted by Crippen LogP contribution is 2.35. The van der Waals surface area contributed by atoms with Gasteiger partial charge in [-0.1, -0.05) is 6.07 Å². The predicted molar refractivity (Wildman–Crippen MR) is 59.4 cm³/mol. The molecule has 5 heteroatoms. The second-order valence-corrected chi connectivity index (χ2v) is 4.11. The number of aryl methyl sites for hydroxylation is 1. The van der Waals surface area contributed by atoms with Gasteiger partial charge in [-0.2, -0.15) is 0 Å². The quantitative estimate of drug-likeness (QED) is 0.840. The number of fused-ring (bicyclic) bond motifs is 1. The zero-order valence-electron chi connectivity index (χ0n) is 9.28. The highest BCUT2D eigenvalue weighted by Gasteiger charge is 2.24. The summed E-state index contributed by atoms with van der Waals surface area (Å²) in [5, 5.41) is 8.70. The summed E-state index contributed by atoms with van der Waals surface area (Å²) in [5.74, 6) is -1.12. The van der Waals surface area contributed by atoms with E-state index in [2.05, 4.69) is 0 Å². The number of carboxylic acids is 1. The van der Waals surface area contributed by atoms with Crippen molar-refractivity contribution in [1.82, 2.24) is 0 Å². The maximum absolute atomic E-state index is 13.7. The van der Waals surface area contributed by atoms with Crippen LogP contribution in [0.1, 0.15) is 30.0 Å². The lowest BCUT2D eigenvalue weighted by Gasteiger charge is -2.23. The minimum atomic E-state index is -1.05. The number of ether oxygens (including phenoxy) is 1. The van der Waals surface area contributed by atoms with Crippen LogP contribution in [0.15, 0.2) is 12.1 Å². The highest BCUT2D eigenvalue weighted by atomic mass is 19.1. The molecule has 0 radical (unpaired) electrons. The molecule has 92 valence electrons. The van der Waals surface area contributed by atoms with Crippen molar-refractivity contribution in [3.05, 3.63) is 29.1 Å². The van der Waals surface area contributed by atoms with E-state index < -0.39 is 17.8 Å². The summed E-state index contributed by atoms with van der Waals surface area (Å²) in [6.07, 6.45) is 1.38. The number of benzene rings is 1. The van der Waals surface area contributed by atoms with E-state index in [1.165, 1.54) is 6.07 Å². The largest absolute Gasteiger partial charge is 0.493 e. The molecular weight excluding hydrogens is 225 g/mol. The molecule has 2 rings (SSSR count). The molecule has 0 fully saturated rings. The summed E-state index contributed by atoms with van der Waals surface area (Å²) in [7, 11) is 0. The average Bonchev–Trinajstić information content (AvgIpc) is 2.27. The van der Waals surface area contributed by atoms with Crippen LogP contribution in [0.2, 0.25) is 0 Å². The molecule has 1 heterocycles. The number of rotatable bonds is 3. The highest BCUT2D eigenvalue weighted by molar-refractivity contribution is 5.68. The van der Waals surface area contributed by atoms with Gasteiger partial charge in [-0.05, 0) is 24.5 Å². The molecule has 17 heavy (non-hydrogen) atoms. The first-order valence-corrected chi connectivity index (χ1v) is 5.51.